The molecule has 0 bridgehead atoms. The van der Waals surface area contributed by atoms with Crippen molar-refractivity contribution in [2.75, 3.05) is 38.2 Å². The Morgan fingerprint density at radius 2 is 1.76 bits per heavy atom. The average Bonchev–Trinajstić information content (AvgIpc) is 3.34. The number of carbonyl (C=O) groups is 1. The topological polar surface area (TPSA) is 50.1 Å². The first kappa shape index (κ1) is 25.6. The SMILES string of the molecule is COc1ccc(N2CCN(C(=O)CC(c3cccc(C(F)(F)F)c3)c3cnc4cc(C)ccn34)CC2)cc1. The third kappa shape index (κ3) is 5.32. The fourth-order valence-corrected chi connectivity index (χ4v) is 5.00. The van der Waals surface area contributed by atoms with Gasteiger partial charge in [0.25, 0.3) is 0 Å². The van der Waals surface area contributed by atoms with Gasteiger partial charge in [-0.05, 0) is 60.5 Å². The number of piperazine rings is 1. The van der Waals surface area contributed by atoms with Crippen LogP contribution in [0.1, 0.15) is 34.7 Å². The molecule has 1 atom stereocenters. The predicted octanol–water partition coefficient (Wildman–Crippen LogP) is 5.54. The Hall–Kier alpha value is -4.01. The van der Waals surface area contributed by atoms with E-state index in [9.17, 15) is 18.0 Å². The zero-order chi connectivity index (χ0) is 26.9. The number of aryl methyl sites for hydroxylation is 1. The van der Waals surface area contributed by atoms with Crippen LogP contribution in [0.4, 0.5) is 18.9 Å². The molecule has 0 saturated carbocycles. The van der Waals surface area contributed by atoms with Crippen molar-refractivity contribution in [3.8, 4) is 5.75 Å². The molecule has 2 aromatic carbocycles. The average molecular weight is 523 g/mol. The van der Waals surface area contributed by atoms with Crippen LogP contribution in [0.2, 0.25) is 0 Å². The number of fused-ring (bicyclic) bond motifs is 1. The highest BCUT2D eigenvalue weighted by Gasteiger charge is 2.33. The molecule has 1 aliphatic heterocycles. The highest BCUT2D eigenvalue weighted by molar-refractivity contribution is 5.78. The second kappa shape index (κ2) is 10.4. The van der Waals surface area contributed by atoms with Gasteiger partial charge in [-0.3, -0.25) is 4.79 Å². The Kier molecular flexibility index (Phi) is 7.01. The summed E-state index contributed by atoms with van der Waals surface area (Å²) in [7, 11) is 1.62. The summed E-state index contributed by atoms with van der Waals surface area (Å²) < 4.78 is 47.7. The number of imidazole rings is 1. The van der Waals surface area contributed by atoms with Crippen LogP contribution in [0.25, 0.3) is 5.65 Å². The smallest absolute Gasteiger partial charge is 0.416 e. The normalized spacial score (nSPS) is 15.1. The largest absolute Gasteiger partial charge is 0.497 e. The van der Waals surface area contributed by atoms with Crippen LogP contribution in [-0.4, -0.2) is 53.5 Å². The van der Waals surface area contributed by atoms with Gasteiger partial charge in [-0.2, -0.15) is 13.2 Å². The van der Waals surface area contributed by atoms with Gasteiger partial charge < -0.3 is 18.9 Å². The number of benzene rings is 2. The van der Waals surface area contributed by atoms with Crippen molar-refractivity contribution < 1.29 is 22.7 Å². The molecule has 38 heavy (non-hydrogen) atoms. The molecule has 1 saturated heterocycles. The first-order chi connectivity index (χ1) is 18.2. The number of anilines is 1. The van der Waals surface area contributed by atoms with Crippen molar-refractivity contribution in [2.24, 2.45) is 0 Å². The Labute approximate surface area is 219 Å². The number of hydrogen-bond acceptors (Lipinski definition) is 4. The number of nitrogens with zero attached hydrogens (tertiary/aromatic N) is 4. The molecule has 198 valence electrons. The highest BCUT2D eigenvalue weighted by Crippen LogP contribution is 2.35. The lowest BCUT2D eigenvalue weighted by Crippen LogP contribution is -2.49. The van der Waals surface area contributed by atoms with Gasteiger partial charge in [-0.25, -0.2) is 4.98 Å². The maximum absolute atomic E-state index is 13.5. The molecule has 2 aromatic heterocycles. The standard InChI is InChI=1S/C29H29F3N4O2/c1-20-10-11-36-26(19-33-27(36)16-20)25(21-4-3-5-22(17-21)29(30,31)32)18-28(37)35-14-12-34(13-15-35)23-6-8-24(38-2)9-7-23/h3-11,16-17,19,25H,12-15,18H2,1-2H3. The van der Waals surface area contributed by atoms with Gasteiger partial charge in [0, 0.05) is 56.6 Å². The fraction of sp³-hybridized carbons (Fsp3) is 0.310. The Morgan fingerprint density at radius 1 is 1.03 bits per heavy atom. The molecule has 9 heteroatoms. The lowest BCUT2D eigenvalue weighted by molar-refractivity contribution is -0.137. The Balaban J connectivity index is 1.38. The molecule has 1 aliphatic rings. The number of halogens is 3. The second-order valence-electron chi connectivity index (χ2n) is 9.56. The van der Waals surface area contributed by atoms with E-state index >= 15 is 0 Å². The molecule has 1 amide bonds. The third-order valence-corrected chi connectivity index (χ3v) is 7.12. The Bertz CT molecular complexity index is 1420. The van der Waals surface area contributed by atoms with E-state index in [-0.39, 0.29) is 12.3 Å². The summed E-state index contributed by atoms with van der Waals surface area (Å²) in [4.78, 5) is 22.0. The number of hydrogen-bond donors (Lipinski definition) is 0. The zero-order valence-electron chi connectivity index (χ0n) is 21.3. The summed E-state index contributed by atoms with van der Waals surface area (Å²) in [5, 5.41) is 0. The van der Waals surface area contributed by atoms with Gasteiger partial charge in [-0.15, -0.1) is 0 Å². The van der Waals surface area contributed by atoms with Crippen LogP contribution in [0.15, 0.2) is 73.1 Å². The van der Waals surface area contributed by atoms with Crippen molar-refractivity contribution in [1.29, 1.82) is 0 Å². The van der Waals surface area contributed by atoms with Gasteiger partial charge in [0.15, 0.2) is 0 Å². The molecule has 5 rings (SSSR count). The van der Waals surface area contributed by atoms with Crippen molar-refractivity contribution in [3.63, 3.8) is 0 Å². The molecule has 1 fully saturated rings. The van der Waals surface area contributed by atoms with Crippen LogP contribution >= 0.6 is 0 Å². The molecule has 1 unspecified atom stereocenters. The maximum Gasteiger partial charge on any atom is 0.416 e. The maximum atomic E-state index is 13.5. The van der Waals surface area contributed by atoms with Gasteiger partial charge in [-0.1, -0.05) is 18.2 Å². The van der Waals surface area contributed by atoms with E-state index in [1.807, 2.05) is 53.9 Å². The number of rotatable bonds is 6. The summed E-state index contributed by atoms with van der Waals surface area (Å²) in [5.41, 5.74) is 3.16. The minimum atomic E-state index is -4.47. The number of pyridine rings is 1. The van der Waals surface area contributed by atoms with Crippen molar-refractivity contribution >= 4 is 17.2 Å². The van der Waals surface area contributed by atoms with Crippen molar-refractivity contribution in [2.45, 2.75) is 25.4 Å². The Morgan fingerprint density at radius 3 is 2.45 bits per heavy atom. The van der Waals surface area contributed by atoms with Gasteiger partial charge in [0.1, 0.15) is 11.4 Å². The molecule has 0 aliphatic carbocycles. The van der Waals surface area contributed by atoms with Crippen LogP contribution in [0.5, 0.6) is 5.75 Å². The first-order valence-electron chi connectivity index (χ1n) is 12.5. The number of amides is 1. The van der Waals surface area contributed by atoms with Crippen molar-refractivity contribution in [3.05, 3.63) is 95.4 Å². The zero-order valence-corrected chi connectivity index (χ0v) is 21.3. The van der Waals surface area contributed by atoms with Gasteiger partial charge >= 0.3 is 6.18 Å². The van der Waals surface area contributed by atoms with Gasteiger partial charge in [0.2, 0.25) is 5.91 Å². The van der Waals surface area contributed by atoms with E-state index in [4.69, 9.17) is 4.74 Å². The van der Waals surface area contributed by atoms with E-state index in [0.717, 1.165) is 29.1 Å². The number of aromatic nitrogens is 2. The molecule has 0 radical (unpaired) electrons. The lowest BCUT2D eigenvalue weighted by atomic mass is 9.90. The number of alkyl halides is 3. The quantitative estimate of drug-likeness (QED) is 0.334. The monoisotopic (exact) mass is 522 g/mol. The fourth-order valence-electron chi connectivity index (χ4n) is 5.00. The molecule has 6 nitrogen and oxygen atoms in total. The highest BCUT2D eigenvalue weighted by atomic mass is 19.4. The summed E-state index contributed by atoms with van der Waals surface area (Å²) in [5.74, 6) is 0.108. The molecule has 3 heterocycles. The summed E-state index contributed by atoms with van der Waals surface area (Å²) in [6, 6.07) is 16.9. The summed E-state index contributed by atoms with van der Waals surface area (Å²) in [6.45, 7) is 4.36. The first-order valence-corrected chi connectivity index (χ1v) is 12.5. The number of carbonyl (C=O) groups excluding carboxylic acids is 1. The van der Waals surface area contributed by atoms with E-state index < -0.39 is 17.7 Å². The summed E-state index contributed by atoms with van der Waals surface area (Å²) in [6.07, 6.45) is -0.912. The molecular weight excluding hydrogens is 493 g/mol. The van der Waals surface area contributed by atoms with Crippen LogP contribution in [0, 0.1) is 6.92 Å². The molecule has 0 N–H and O–H groups in total. The van der Waals surface area contributed by atoms with Crippen LogP contribution in [-0.2, 0) is 11.0 Å². The number of methoxy groups -OCH3 is 1. The molecule has 0 spiro atoms. The molecule has 4 aromatic rings. The van der Waals surface area contributed by atoms with Crippen LogP contribution in [0.3, 0.4) is 0 Å². The van der Waals surface area contributed by atoms with Crippen molar-refractivity contribution in [1.82, 2.24) is 14.3 Å². The van der Waals surface area contributed by atoms with E-state index in [2.05, 4.69) is 9.88 Å². The summed E-state index contributed by atoms with van der Waals surface area (Å²) >= 11 is 0. The second-order valence-corrected chi connectivity index (χ2v) is 9.56. The van der Waals surface area contributed by atoms with E-state index in [1.54, 1.807) is 24.3 Å². The van der Waals surface area contributed by atoms with E-state index in [0.29, 0.717) is 43.1 Å². The minimum Gasteiger partial charge on any atom is -0.497 e. The number of ether oxygens (including phenoxy) is 1. The van der Waals surface area contributed by atoms with Crippen LogP contribution < -0.4 is 9.64 Å². The molecular formula is C29H29F3N4O2. The van der Waals surface area contributed by atoms with E-state index in [1.165, 1.54) is 6.07 Å². The predicted molar refractivity (Wildman–Crippen MR) is 140 cm³/mol. The van der Waals surface area contributed by atoms with Gasteiger partial charge in [0.05, 0.1) is 18.4 Å². The minimum absolute atomic E-state index is 0.0471. The lowest BCUT2D eigenvalue weighted by Gasteiger charge is -2.36. The third-order valence-electron chi connectivity index (χ3n) is 7.12.